The SMILES string of the molecule is CNC(C)(CO)CC(C)SC1CCOCC1. The Kier molecular flexibility index (Phi) is 6.11. The molecular weight excluding hydrogens is 222 g/mol. The fraction of sp³-hybridized carbons (Fsp3) is 1.00. The predicted octanol–water partition coefficient (Wildman–Crippen LogP) is 1.65. The van der Waals surface area contributed by atoms with Crippen molar-refractivity contribution in [3.63, 3.8) is 0 Å². The summed E-state index contributed by atoms with van der Waals surface area (Å²) < 4.78 is 5.36. The van der Waals surface area contributed by atoms with Gasteiger partial charge >= 0.3 is 0 Å². The van der Waals surface area contributed by atoms with E-state index in [9.17, 15) is 5.11 Å². The monoisotopic (exact) mass is 247 g/mol. The molecule has 16 heavy (non-hydrogen) atoms. The van der Waals surface area contributed by atoms with Gasteiger partial charge in [-0.15, -0.1) is 0 Å². The molecule has 0 aromatic carbocycles. The molecule has 1 saturated heterocycles. The van der Waals surface area contributed by atoms with Crippen LogP contribution in [0.5, 0.6) is 0 Å². The van der Waals surface area contributed by atoms with Gasteiger partial charge in [0.2, 0.25) is 0 Å². The predicted molar refractivity (Wildman–Crippen MR) is 70.1 cm³/mol. The highest BCUT2D eigenvalue weighted by Crippen LogP contribution is 2.30. The first-order valence-electron chi connectivity index (χ1n) is 6.12. The van der Waals surface area contributed by atoms with Crippen molar-refractivity contribution in [3.8, 4) is 0 Å². The molecule has 3 nitrogen and oxygen atoms in total. The van der Waals surface area contributed by atoms with Gasteiger partial charge in [0.1, 0.15) is 0 Å². The second-order valence-electron chi connectivity index (χ2n) is 4.93. The standard InChI is InChI=1S/C12H25NO2S/c1-10(8-12(2,9-14)13-3)16-11-4-6-15-7-5-11/h10-11,13-14H,4-9H2,1-3H3. The molecule has 0 amide bonds. The van der Waals surface area contributed by atoms with Crippen LogP contribution in [-0.4, -0.2) is 48.0 Å². The zero-order chi connectivity index (χ0) is 12.0. The topological polar surface area (TPSA) is 41.5 Å². The molecule has 1 aliphatic heterocycles. The third-order valence-corrected chi connectivity index (χ3v) is 4.77. The highest BCUT2D eigenvalue weighted by molar-refractivity contribution is 8.00. The van der Waals surface area contributed by atoms with Crippen LogP contribution in [-0.2, 0) is 4.74 Å². The highest BCUT2D eigenvalue weighted by atomic mass is 32.2. The summed E-state index contributed by atoms with van der Waals surface area (Å²) in [6.07, 6.45) is 3.34. The van der Waals surface area contributed by atoms with Crippen LogP contribution < -0.4 is 5.32 Å². The molecule has 96 valence electrons. The van der Waals surface area contributed by atoms with Crippen molar-refractivity contribution in [3.05, 3.63) is 0 Å². The Hall–Kier alpha value is 0.230. The summed E-state index contributed by atoms with van der Waals surface area (Å²) in [5.74, 6) is 0. The summed E-state index contributed by atoms with van der Waals surface area (Å²) in [5, 5.41) is 13.9. The van der Waals surface area contributed by atoms with Crippen molar-refractivity contribution >= 4 is 11.8 Å². The Morgan fingerprint density at radius 2 is 2.12 bits per heavy atom. The van der Waals surface area contributed by atoms with Crippen molar-refractivity contribution in [2.45, 2.75) is 49.1 Å². The van der Waals surface area contributed by atoms with E-state index in [-0.39, 0.29) is 12.1 Å². The van der Waals surface area contributed by atoms with Crippen LogP contribution in [0.1, 0.15) is 33.1 Å². The third-order valence-electron chi connectivity index (χ3n) is 3.28. The van der Waals surface area contributed by atoms with E-state index >= 15 is 0 Å². The first-order valence-corrected chi connectivity index (χ1v) is 7.07. The highest BCUT2D eigenvalue weighted by Gasteiger charge is 2.26. The molecule has 2 unspecified atom stereocenters. The second-order valence-corrected chi connectivity index (χ2v) is 6.67. The maximum Gasteiger partial charge on any atom is 0.0610 e. The molecule has 0 spiro atoms. The maximum absolute atomic E-state index is 9.35. The van der Waals surface area contributed by atoms with Gasteiger partial charge in [-0.25, -0.2) is 0 Å². The summed E-state index contributed by atoms with van der Waals surface area (Å²) in [4.78, 5) is 0. The van der Waals surface area contributed by atoms with E-state index < -0.39 is 0 Å². The van der Waals surface area contributed by atoms with E-state index in [1.807, 2.05) is 18.8 Å². The average Bonchev–Trinajstić information content (AvgIpc) is 2.30. The van der Waals surface area contributed by atoms with E-state index in [1.165, 1.54) is 12.8 Å². The van der Waals surface area contributed by atoms with Crippen LogP contribution in [0.4, 0.5) is 0 Å². The van der Waals surface area contributed by atoms with Gasteiger partial charge in [-0.3, -0.25) is 0 Å². The number of thioether (sulfide) groups is 1. The van der Waals surface area contributed by atoms with Crippen LogP contribution in [0.15, 0.2) is 0 Å². The largest absolute Gasteiger partial charge is 0.394 e. The quantitative estimate of drug-likeness (QED) is 0.749. The van der Waals surface area contributed by atoms with Gasteiger partial charge < -0.3 is 15.2 Å². The normalized spacial score (nSPS) is 24.0. The molecule has 0 radical (unpaired) electrons. The lowest BCUT2D eigenvalue weighted by Crippen LogP contribution is -2.45. The van der Waals surface area contributed by atoms with Crippen LogP contribution >= 0.6 is 11.8 Å². The van der Waals surface area contributed by atoms with E-state index in [1.54, 1.807) is 0 Å². The van der Waals surface area contributed by atoms with Gasteiger partial charge in [0.25, 0.3) is 0 Å². The molecule has 2 atom stereocenters. The number of hydrogen-bond acceptors (Lipinski definition) is 4. The lowest BCUT2D eigenvalue weighted by atomic mass is 9.97. The molecular formula is C12H25NO2S. The minimum Gasteiger partial charge on any atom is -0.394 e. The molecule has 1 fully saturated rings. The van der Waals surface area contributed by atoms with Gasteiger partial charge in [0, 0.05) is 29.3 Å². The van der Waals surface area contributed by atoms with Crippen molar-refractivity contribution in [1.82, 2.24) is 5.32 Å². The molecule has 4 heteroatoms. The Labute approximate surface area is 103 Å². The molecule has 0 bridgehead atoms. The lowest BCUT2D eigenvalue weighted by molar-refractivity contribution is 0.0998. The Morgan fingerprint density at radius 3 is 2.62 bits per heavy atom. The molecule has 2 N–H and O–H groups in total. The van der Waals surface area contributed by atoms with E-state index in [0.717, 1.165) is 24.9 Å². The summed E-state index contributed by atoms with van der Waals surface area (Å²) in [5.41, 5.74) is -0.141. The van der Waals surface area contributed by atoms with Crippen molar-refractivity contribution in [1.29, 1.82) is 0 Å². The number of hydrogen-bond donors (Lipinski definition) is 2. The van der Waals surface area contributed by atoms with Crippen molar-refractivity contribution in [2.75, 3.05) is 26.9 Å². The first-order chi connectivity index (χ1) is 7.59. The fourth-order valence-electron chi connectivity index (χ4n) is 2.07. The van der Waals surface area contributed by atoms with Gasteiger partial charge in [-0.2, -0.15) is 11.8 Å². The molecule has 0 saturated carbocycles. The first kappa shape index (κ1) is 14.3. The molecule has 1 heterocycles. The van der Waals surface area contributed by atoms with Crippen molar-refractivity contribution < 1.29 is 9.84 Å². The molecule has 1 aliphatic rings. The minimum absolute atomic E-state index is 0.141. The number of ether oxygens (including phenoxy) is 1. The summed E-state index contributed by atoms with van der Waals surface area (Å²) in [6.45, 7) is 6.35. The minimum atomic E-state index is -0.141. The van der Waals surface area contributed by atoms with Gasteiger partial charge in [0.15, 0.2) is 0 Å². The zero-order valence-electron chi connectivity index (χ0n) is 10.7. The average molecular weight is 247 g/mol. The van der Waals surface area contributed by atoms with Gasteiger partial charge in [0.05, 0.1) is 6.61 Å². The van der Waals surface area contributed by atoms with Crippen LogP contribution in [0.3, 0.4) is 0 Å². The number of aliphatic hydroxyl groups excluding tert-OH is 1. The summed E-state index contributed by atoms with van der Waals surface area (Å²) >= 11 is 2.05. The fourth-order valence-corrected chi connectivity index (χ4v) is 3.65. The Balaban J connectivity index is 2.30. The van der Waals surface area contributed by atoms with Gasteiger partial charge in [-0.1, -0.05) is 6.92 Å². The number of rotatable bonds is 6. The summed E-state index contributed by atoms with van der Waals surface area (Å²) in [7, 11) is 1.92. The smallest absolute Gasteiger partial charge is 0.0610 e. The van der Waals surface area contributed by atoms with Crippen molar-refractivity contribution in [2.24, 2.45) is 0 Å². The van der Waals surface area contributed by atoms with E-state index in [2.05, 4.69) is 19.2 Å². The van der Waals surface area contributed by atoms with Crippen LogP contribution in [0, 0.1) is 0 Å². The van der Waals surface area contributed by atoms with E-state index in [4.69, 9.17) is 4.74 Å². The molecule has 0 aromatic rings. The Morgan fingerprint density at radius 1 is 1.50 bits per heavy atom. The molecule has 0 aromatic heterocycles. The number of nitrogens with one attached hydrogen (secondary N) is 1. The maximum atomic E-state index is 9.35. The second kappa shape index (κ2) is 6.84. The number of likely N-dealkylation sites (N-methyl/N-ethyl adjacent to an activating group) is 1. The third kappa shape index (κ3) is 4.62. The van der Waals surface area contributed by atoms with E-state index in [0.29, 0.717) is 5.25 Å². The Bertz CT molecular complexity index is 191. The summed E-state index contributed by atoms with van der Waals surface area (Å²) in [6, 6.07) is 0. The molecule has 1 rings (SSSR count). The lowest BCUT2D eigenvalue weighted by Gasteiger charge is -2.32. The van der Waals surface area contributed by atoms with Crippen LogP contribution in [0.2, 0.25) is 0 Å². The zero-order valence-corrected chi connectivity index (χ0v) is 11.5. The van der Waals surface area contributed by atoms with Crippen LogP contribution in [0.25, 0.3) is 0 Å². The van der Waals surface area contributed by atoms with Gasteiger partial charge in [-0.05, 0) is 33.2 Å². The molecule has 0 aliphatic carbocycles. The number of aliphatic hydroxyl groups is 1.